The molecule has 0 fully saturated rings. The Labute approximate surface area is 117 Å². The second-order valence-electron chi connectivity index (χ2n) is 4.32. The summed E-state index contributed by atoms with van der Waals surface area (Å²) >= 11 is 0. The molecule has 2 N–H and O–H groups in total. The minimum absolute atomic E-state index is 0.0913. The molecule has 0 atom stereocenters. The molecule has 0 saturated carbocycles. The zero-order valence-corrected chi connectivity index (χ0v) is 11.4. The Morgan fingerprint density at radius 3 is 2.40 bits per heavy atom. The van der Waals surface area contributed by atoms with E-state index < -0.39 is 0 Å². The maximum Gasteiger partial charge on any atom is 0.119 e. The number of phenolic OH excluding ortho intramolecular Hbond substituents is 1. The molecule has 0 spiro atoms. The van der Waals surface area contributed by atoms with Gasteiger partial charge < -0.3 is 14.9 Å². The molecule has 2 aromatic rings. The predicted molar refractivity (Wildman–Crippen MR) is 75.9 cm³/mol. The van der Waals surface area contributed by atoms with E-state index >= 15 is 0 Å². The van der Waals surface area contributed by atoms with E-state index in [0.29, 0.717) is 11.3 Å². The number of methoxy groups -OCH3 is 1. The number of benzene rings is 2. The molecule has 0 aliphatic rings. The molecule has 2 aromatic carbocycles. The standard InChI is InChI=1S/C15H16N2O3/c1-10-7-13(20-2)4-6-14(10)16-17-15-5-3-12(19)8-11(15)9-18/h3-8,18-19H,9H2,1-2H3/b17-16+. The molecule has 0 amide bonds. The van der Waals surface area contributed by atoms with Gasteiger partial charge in [-0.1, -0.05) is 0 Å². The number of hydrogen-bond acceptors (Lipinski definition) is 5. The van der Waals surface area contributed by atoms with Crippen molar-refractivity contribution in [3.8, 4) is 11.5 Å². The number of hydrogen-bond donors (Lipinski definition) is 2. The number of ether oxygens (including phenoxy) is 1. The Morgan fingerprint density at radius 2 is 1.75 bits per heavy atom. The van der Waals surface area contributed by atoms with Crippen molar-refractivity contribution in [2.45, 2.75) is 13.5 Å². The SMILES string of the molecule is COc1ccc(/N=N/c2ccc(O)cc2CO)c(C)c1. The summed E-state index contributed by atoms with van der Waals surface area (Å²) in [6, 6.07) is 10.1. The van der Waals surface area contributed by atoms with Crippen LogP contribution in [0.3, 0.4) is 0 Å². The summed E-state index contributed by atoms with van der Waals surface area (Å²) in [6.07, 6.45) is 0. The lowest BCUT2D eigenvalue weighted by Crippen LogP contribution is -1.84. The molecule has 5 heteroatoms. The molecule has 5 nitrogen and oxygen atoms in total. The Kier molecular flexibility index (Phi) is 4.32. The van der Waals surface area contributed by atoms with Gasteiger partial charge in [0, 0.05) is 5.56 Å². The first-order valence-corrected chi connectivity index (χ1v) is 6.13. The van der Waals surface area contributed by atoms with Crippen molar-refractivity contribution in [2.75, 3.05) is 7.11 Å². The number of aliphatic hydroxyl groups is 1. The van der Waals surface area contributed by atoms with E-state index in [0.717, 1.165) is 17.0 Å². The predicted octanol–water partition coefficient (Wildman–Crippen LogP) is 3.62. The zero-order chi connectivity index (χ0) is 14.5. The molecule has 0 saturated heterocycles. The third-order valence-corrected chi connectivity index (χ3v) is 2.90. The zero-order valence-electron chi connectivity index (χ0n) is 11.4. The molecule has 20 heavy (non-hydrogen) atoms. The fourth-order valence-corrected chi connectivity index (χ4v) is 1.77. The maximum absolute atomic E-state index is 9.36. The van der Waals surface area contributed by atoms with Crippen LogP contribution in [0.15, 0.2) is 46.6 Å². The van der Waals surface area contributed by atoms with Crippen LogP contribution >= 0.6 is 0 Å². The van der Waals surface area contributed by atoms with E-state index in [1.807, 2.05) is 25.1 Å². The van der Waals surface area contributed by atoms with E-state index in [4.69, 9.17) is 4.74 Å². The number of nitrogens with zero attached hydrogens (tertiary/aromatic N) is 2. The van der Waals surface area contributed by atoms with Crippen molar-refractivity contribution >= 4 is 11.4 Å². The highest BCUT2D eigenvalue weighted by atomic mass is 16.5. The summed E-state index contributed by atoms with van der Waals surface area (Å²) in [6.45, 7) is 1.71. The summed E-state index contributed by atoms with van der Waals surface area (Å²) in [5.74, 6) is 0.857. The third kappa shape index (κ3) is 3.13. The van der Waals surface area contributed by atoms with E-state index in [9.17, 15) is 10.2 Å². The summed E-state index contributed by atoms with van der Waals surface area (Å²) in [5.41, 5.74) is 2.72. The lowest BCUT2D eigenvalue weighted by molar-refractivity contribution is 0.281. The van der Waals surface area contributed by atoms with Crippen LogP contribution in [0.25, 0.3) is 0 Å². The quantitative estimate of drug-likeness (QED) is 0.835. The van der Waals surface area contributed by atoms with Crippen LogP contribution in [-0.2, 0) is 6.61 Å². The molecule has 0 radical (unpaired) electrons. The Hall–Kier alpha value is -2.40. The van der Waals surface area contributed by atoms with Crippen LogP contribution in [0.4, 0.5) is 11.4 Å². The molecule has 0 unspecified atom stereocenters. The third-order valence-electron chi connectivity index (χ3n) is 2.90. The van der Waals surface area contributed by atoms with Gasteiger partial charge in [0.05, 0.1) is 25.1 Å². The normalized spacial score (nSPS) is 10.9. The van der Waals surface area contributed by atoms with Crippen LogP contribution < -0.4 is 4.74 Å². The molecule has 0 aromatic heterocycles. The van der Waals surface area contributed by atoms with Gasteiger partial charge in [0.25, 0.3) is 0 Å². The number of azo groups is 1. The molecular weight excluding hydrogens is 256 g/mol. The summed E-state index contributed by atoms with van der Waals surface area (Å²) in [4.78, 5) is 0. The molecular formula is C15H16N2O3. The summed E-state index contributed by atoms with van der Waals surface area (Å²) in [5, 5.41) is 26.9. The van der Waals surface area contributed by atoms with E-state index in [-0.39, 0.29) is 12.4 Å². The molecule has 0 heterocycles. The number of aliphatic hydroxyl groups excluding tert-OH is 1. The van der Waals surface area contributed by atoms with Crippen LogP contribution in [0.1, 0.15) is 11.1 Å². The first-order chi connectivity index (χ1) is 9.63. The van der Waals surface area contributed by atoms with Gasteiger partial charge in [-0.2, -0.15) is 10.2 Å². The van der Waals surface area contributed by atoms with Crippen molar-refractivity contribution in [3.05, 3.63) is 47.5 Å². The van der Waals surface area contributed by atoms with Crippen LogP contribution in [0.2, 0.25) is 0 Å². The van der Waals surface area contributed by atoms with E-state index in [2.05, 4.69) is 10.2 Å². The molecule has 104 valence electrons. The number of aromatic hydroxyl groups is 1. The van der Waals surface area contributed by atoms with Gasteiger partial charge in [0.1, 0.15) is 11.5 Å². The summed E-state index contributed by atoms with van der Waals surface area (Å²) < 4.78 is 5.13. The van der Waals surface area contributed by atoms with Crippen molar-refractivity contribution in [1.82, 2.24) is 0 Å². The first kappa shape index (κ1) is 14.0. The molecule has 0 aliphatic carbocycles. The largest absolute Gasteiger partial charge is 0.508 e. The highest BCUT2D eigenvalue weighted by Gasteiger charge is 2.03. The fraction of sp³-hybridized carbons (Fsp3) is 0.200. The smallest absolute Gasteiger partial charge is 0.119 e. The van der Waals surface area contributed by atoms with Crippen LogP contribution in [0.5, 0.6) is 11.5 Å². The van der Waals surface area contributed by atoms with Crippen molar-refractivity contribution in [1.29, 1.82) is 0 Å². The monoisotopic (exact) mass is 272 g/mol. The van der Waals surface area contributed by atoms with Crippen molar-refractivity contribution in [2.24, 2.45) is 10.2 Å². The second-order valence-corrected chi connectivity index (χ2v) is 4.32. The topological polar surface area (TPSA) is 74.4 Å². The van der Waals surface area contributed by atoms with Gasteiger partial charge in [-0.05, 0) is 48.9 Å². The minimum Gasteiger partial charge on any atom is -0.508 e. The molecule has 0 aliphatic heterocycles. The van der Waals surface area contributed by atoms with Gasteiger partial charge in [-0.3, -0.25) is 0 Å². The average Bonchev–Trinajstić information content (AvgIpc) is 2.46. The maximum atomic E-state index is 9.36. The number of phenols is 1. The van der Waals surface area contributed by atoms with E-state index in [1.165, 1.54) is 12.1 Å². The van der Waals surface area contributed by atoms with Gasteiger partial charge in [-0.25, -0.2) is 0 Å². The summed E-state index contributed by atoms with van der Waals surface area (Å²) in [7, 11) is 1.61. The number of rotatable bonds is 4. The highest BCUT2D eigenvalue weighted by molar-refractivity contribution is 5.52. The minimum atomic E-state index is -0.204. The van der Waals surface area contributed by atoms with Crippen molar-refractivity contribution < 1.29 is 14.9 Å². The number of aryl methyl sites for hydroxylation is 1. The Morgan fingerprint density at radius 1 is 1.05 bits per heavy atom. The second kappa shape index (κ2) is 6.16. The lowest BCUT2D eigenvalue weighted by atomic mass is 10.2. The lowest BCUT2D eigenvalue weighted by Gasteiger charge is -2.04. The average molecular weight is 272 g/mol. The van der Waals surface area contributed by atoms with Crippen LogP contribution in [0, 0.1) is 6.92 Å². The van der Waals surface area contributed by atoms with Gasteiger partial charge >= 0.3 is 0 Å². The molecule has 0 bridgehead atoms. The van der Waals surface area contributed by atoms with Gasteiger partial charge in [0.15, 0.2) is 0 Å². The van der Waals surface area contributed by atoms with Crippen LogP contribution in [-0.4, -0.2) is 17.3 Å². The molecule has 2 rings (SSSR count). The van der Waals surface area contributed by atoms with Crippen molar-refractivity contribution in [3.63, 3.8) is 0 Å². The highest BCUT2D eigenvalue weighted by Crippen LogP contribution is 2.28. The fourth-order valence-electron chi connectivity index (χ4n) is 1.77. The van der Waals surface area contributed by atoms with Gasteiger partial charge in [0.2, 0.25) is 0 Å². The van der Waals surface area contributed by atoms with E-state index in [1.54, 1.807) is 13.2 Å². The Bertz CT molecular complexity index is 639. The Balaban J connectivity index is 2.29. The first-order valence-electron chi connectivity index (χ1n) is 6.13. The van der Waals surface area contributed by atoms with Gasteiger partial charge in [-0.15, -0.1) is 0 Å².